The summed E-state index contributed by atoms with van der Waals surface area (Å²) in [5, 5.41) is 0. The van der Waals surface area contributed by atoms with Gasteiger partial charge in [-0.2, -0.15) is 0 Å². The Morgan fingerprint density at radius 2 is 0.224 bits per heavy atom. The van der Waals surface area contributed by atoms with Gasteiger partial charge < -0.3 is 0 Å². The molecule has 0 spiro atoms. The minimum absolute atomic E-state index is 1.31. The van der Waals surface area contributed by atoms with Gasteiger partial charge in [-0.05, 0) is 0 Å². The number of hydrogen-bond acceptors (Lipinski definition) is 0. The average molecular weight is 1110 g/mol. The van der Waals surface area contributed by atoms with Gasteiger partial charge >= 0.3 is 172 Å². The van der Waals surface area contributed by atoms with Gasteiger partial charge in [0.2, 0.25) is 0 Å². The summed E-state index contributed by atoms with van der Waals surface area (Å²) >= 11 is 7.82. The molecule has 0 atom stereocenters. The van der Waals surface area contributed by atoms with E-state index >= 15 is 0 Å². The first kappa shape index (κ1) is 76.7. The molecule has 460 valence electrons. The van der Waals surface area contributed by atoms with E-state index in [0.717, 1.165) is 0 Å². The molecule has 0 saturated carbocycles. The van der Waals surface area contributed by atoms with Crippen molar-refractivity contribution in [2.45, 2.75) is 451 Å². The predicted molar refractivity (Wildman–Crippen MR) is 360 cm³/mol. The van der Waals surface area contributed by atoms with Crippen LogP contribution in [0.5, 0.6) is 0 Å². The maximum absolute atomic E-state index is 7.82. The van der Waals surface area contributed by atoms with Crippen molar-refractivity contribution < 1.29 is 0 Å². The van der Waals surface area contributed by atoms with Crippen LogP contribution in [0.4, 0.5) is 0 Å². The fraction of sp³-hybridized carbons (Fsp3) is 1.00. The molecule has 0 rings (SSSR count). The molecule has 0 nitrogen and oxygen atoms in total. The van der Waals surface area contributed by atoms with Crippen LogP contribution in [-0.4, -0.2) is 24.6 Å². The van der Waals surface area contributed by atoms with Crippen molar-refractivity contribution in [2.75, 3.05) is 24.6 Å². The summed E-state index contributed by atoms with van der Waals surface area (Å²) < 4.78 is 0. The zero-order valence-corrected chi connectivity index (χ0v) is 56.0. The molecule has 0 fully saturated rings. The molecule has 0 radical (unpaired) electrons. The molecule has 0 aromatic heterocycles. The second-order valence-corrected chi connectivity index (χ2v) is 34.9. The molecule has 0 saturated heterocycles. The van der Waals surface area contributed by atoms with E-state index in [1.807, 2.05) is 0 Å². The van der Waals surface area contributed by atoms with Gasteiger partial charge in [0.05, 0.1) is 0 Å². The normalized spacial score (nSPS) is 12.6. The first-order valence-electron chi connectivity index (χ1n) is 37.3. The van der Waals surface area contributed by atoms with E-state index in [2.05, 4.69) is 27.7 Å². The molecule has 0 N–H and O–H groups in total. The van der Waals surface area contributed by atoms with Gasteiger partial charge in [-0.1, -0.05) is 322 Å². The van der Waals surface area contributed by atoms with Crippen LogP contribution in [0.3, 0.4) is 0 Å². The van der Waals surface area contributed by atoms with Gasteiger partial charge in [0.15, 0.2) is 0 Å². The van der Waals surface area contributed by atoms with Crippen molar-refractivity contribution in [3.05, 3.63) is 0 Å². The molecule has 0 unspecified atom stereocenters. The topological polar surface area (TPSA) is 0 Å². The van der Waals surface area contributed by atoms with Crippen molar-refractivity contribution in [3.8, 4) is 0 Å². The van der Waals surface area contributed by atoms with E-state index in [4.69, 9.17) is 11.2 Å². The van der Waals surface area contributed by atoms with E-state index in [-0.39, 0.29) is 0 Å². The maximum atomic E-state index is 7.82. The molecule has 0 aliphatic carbocycles. The molecule has 0 aromatic rings. The molecule has 0 aliphatic heterocycles. The second-order valence-electron chi connectivity index (χ2n) is 26.6. The quantitative estimate of drug-likeness (QED) is 0.0421. The second kappa shape index (κ2) is 64.9. The van der Waals surface area contributed by atoms with Crippen LogP contribution < -0.4 is 0 Å². The Balaban J connectivity index is 3.23. The zero-order chi connectivity index (χ0) is 54.9. The van der Waals surface area contributed by atoms with Crippen LogP contribution in [0.25, 0.3) is 0 Å². The molecule has 0 aliphatic rings. The Labute approximate surface area is 490 Å². The Morgan fingerprint density at radius 3 is 0.342 bits per heavy atom. The van der Waals surface area contributed by atoms with Gasteiger partial charge in [0.1, 0.15) is 0 Å². The number of hydrogen-bond donors (Lipinski definition) is 0. The Bertz CT molecular complexity index is 998. The first-order chi connectivity index (χ1) is 37.5. The van der Waals surface area contributed by atoms with Crippen LogP contribution in [0.1, 0.15) is 451 Å². The van der Waals surface area contributed by atoms with E-state index in [1.165, 1.54) is 448 Å². The van der Waals surface area contributed by atoms with Crippen LogP contribution in [0.15, 0.2) is 0 Å². The third kappa shape index (κ3) is 59.3. The molecule has 2 heteroatoms. The van der Waals surface area contributed by atoms with Gasteiger partial charge in [0, 0.05) is 0 Å². The zero-order valence-electron chi connectivity index (χ0n) is 54.3. The Hall–Kier alpha value is 0.720. The summed E-state index contributed by atoms with van der Waals surface area (Å²) in [6, 6.07) is 0. The Kier molecular flexibility index (Phi) is 65.5. The minimum atomic E-state index is -2.01. The molecule has 76 heavy (non-hydrogen) atoms. The standard InChI is InChI=1S/C74H152ClP/c1-5-9-13-14-15-16-17-18-19-20-21-22-23-24-25-26-27-28-29-30-31-32-33-34-35-36-37-38-39-40-41-42-43-44-45-46-47-48-49-50-51-52-53-54-55-56-57-58-59-60-61-62-63-64-65-66-67-68-69-70-74-76(75,71-10-6-2,72-11-7-3)73-12-8-4/h5-74H2,1-4H3. The van der Waals surface area contributed by atoms with Crippen LogP contribution >= 0.6 is 17.2 Å². The van der Waals surface area contributed by atoms with Crippen LogP contribution in [0, 0.1) is 0 Å². The average Bonchev–Trinajstić information content (AvgIpc) is 3.43. The van der Waals surface area contributed by atoms with Crippen molar-refractivity contribution in [1.82, 2.24) is 0 Å². The third-order valence-corrected chi connectivity index (χ3v) is 26.5. The van der Waals surface area contributed by atoms with Gasteiger partial charge in [-0.15, -0.1) is 0 Å². The van der Waals surface area contributed by atoms with Crippen molar-refractivity contribution in [1.29, 1.82) is 0 Å². The van der Waals surface area contributed by atoms with Crippen molar-refractivity contribution in [2.24, 2.45) is 0 Å². The monoisotopic (exact) mass is 1110 g/mol. The summed E-state index contributed by atoms with van der Waals surface area (Å²) in [6.07, 6.45) is 103. The first-order valence-corrected chi connectivity index (χ1v) is 41.1. The van der Waals surface area contributed by atoms with Crippen LogP contribution in [-0.2, 0) is 0 Å². The van der Waals surface area contributed by atoms with Gasteiger partial charge in [-0.25, -0.2) is 0 Å². The summed E-state index contributed by atoms with van der Waals surface area (Å²) in [7, 11) is 0. The van der Waals surface area contributed by atoms with E-state index < -0.39 is 5.96 Å². The number of unbranched alkanes of at least 4 members (excludes halogenated alkanes) is 62. The fourth-order valence-electron chi connectivity index (χ4n) is 13.2. The predicted octanol–water partition coefficient (Wildman–Crippen LogP) is 29.5. The molecule has 0 aromatic carbocycles. The molecular formula is C74H152ClP. The fourth-order valence-corrected chi connectivity index (χ4v) is 20.3. The van der Waals surface area contributed by atoms with E-state index in [0.29, 0.717) is 0 Å². The van der Waals surface area contributed by atoms with Crippen molar-refractivity contribution in [3.63, 3.8) is 0 Å². The molecule has 0 heterocycles. The number of rotatable bonds is 70. The number of halogens is 1. The van der Waals surface area contributed by atoms with Gasteiger partial charge in [-0.3, -0.25) is 0 Å². The van der Waals surface area contributed by atoms with Crippen LogP contribution in [0.2, 0.25) is 0 Å². The Morgan fingerprint density at radius 1 is 0.132 bits per heavy atom. The van der Waals surface area contributed by atoms with E-state index in [9.17, 15) is 0 Å². The summed E-state index contributed by atoms with van der Waals surface area (Å²) in [4.78, 5) is 0. The van der Waals surface area contributed by atoms with E-state index in [1.54, 1.807) is 0 Å². The summed E-state index contributed by atoms with van der Waals surface area (Å²) in [6.45, 7) is 9.38. The van der Waals surface area contributed by atoms with Gasteiger partial charge in [0.25, 0.3) is 0 Å². The molecule has 0 bridgehead atoms. The summed E-state index contributed by atoms with van der Waals surface area (Å²) in [5.41, 5.74) is 0. The molecular weight excluding hydrogens is 955 g/mol. The third-order valence-electron chi connectivity index (χ3n) is 18.8. The SMILES string of the molecule is CCCCCCCCCCCCCCCCCCCCCCCCCCCCCCCCCCCCCCCCCCCCCCCCCCCCCCCCCCCCCCP(Cl)(CCCC)(CCCC)CCCC. The summed E-state index contributed by atoms with van der Waals surface area (Å²) in [5.74, 6) is -2.01. The molecule has 0 amide bonds. The van der Waals surface area contributed by atoms with Crippen molar-refractivity contribution >= 4 is 17.2 Å².